The van der Waals surface area contributed by atoms with E-state index >= 15 is 0 Å². The quantitative estimate of drug-likeness (QED) is 0.894. The van der Waals surface area contributed by atoms with Crippen molar-refractivity contribution in [3.05, 3.63) is 36.2 Å². The van der Waals surface area contributed by atoms with Gasteiger partial charge in [-0.3, -0.25) is 4.79 Å². The van der Waals surface area contributed by atoms with E-state index in [0.717, 1.165) is 11.3 Å². The van der Waals surface area contributed by atoms with Gasteiger partial charge in [-0.15, -0.1) is 0 Å². The standard InChI is InChI=1S/C18H22N4O3/c1-11(2)15-10-19-16(25-15)12-4-6-13(7-5-12)20-18(24)21-14-8-9-22(3)17(14)23/h4-7,10-11,14H,8-9H2,1-3H3,(H2,20,21,24)/t14-/m0/s1. The Labute approximate surface area is 146 Å². The number of benzene rings is 1. The third-order valence-electron chi connectivity index (χ3n) is 4.22. The van der Waals surface area contributed by atoms with E-state index in [0.29, 0.717) is 24.5 Å². The number of nitrogens with one attached hydrogen (secondary N) is 2. The Morgan fingerprint density at radius 1 is 1.32 bits per heavy atom. The zero-order valence-electron chi connectivity index (χ0n) is 14.6. The van der Waals surface area contributed by atoms with Crippen molar-refractivity contribution in [3.8, 4) is 11.5 Å². The third-order valence-corrected chi connectivity index (χ3v) is 4.22. The van der Waals surface area contributed by atoms with Crippen molar-refractivity contribution in [2.24, 2.45) is 0 Å². The van der Waals surface area contributed by atoms with Gasteiger partial charge in [-0.05, 0) is 30.7 Å². The fourth-order valence-corrected chi connectivity index (χ4v) is 2.66. The van der Waals surface area contributed by atoms with E-state index in [1.807, 2.05) is 26.0 Å². The molecule has 2 N–H and O–H groups in total. The van der Waals surface area contributed by atoms with Crippen LogP contribution in [-0.4, -0.2) is 41.5 Å². The summed E-state index contributed by atoms with van der Waals surface area (Å²) in [7, 11) is 1.73. The number of anilines is 1. The molecule has 1 aromatic carbocycles. The molecule has 0 unspecified atom stereocenters. The summed E-state index contributed by atoms with van der Waals surface area (Å²) in [6.07, 6.45) is 2.36. The van der Waals surface area contributed by atoms with E-state index in [-0.39, 0.29) is 17.9 Å². The SMILES string of the molecule is CC(C)c1cnc(-c2ccc(NC(=O)N[C@H]3CCN(C)C3=O)cc2)o1. The van der Waals surface area contributed by atoms with Crippen LogP contribution < -0.4 is 10.6 Å². The van der Waals surface area contributed by atoms with Crippen LogP contribution in [0.2, 0.25) is 0 Å². The molecule has 7 heteroatoms. The number of carbonyl (C=O) groups is 2. The van der Waals surface area contributed by atoms with Crippen molar-refractivity contribution in [1.82, 2.24) is 15.2 Å². The molecule has 0 bridgehead atoms. The lowest BCUT2D eigenvalue weighted by atomic mass is 10.2. The zero-order valence-corrected chi connectivity index (χ0v) is 14.6. The highest BCUT2D eigenvalue weighted by molar-refractivity contribution is 5.94. The molecule has 2 heterocycles. The first-order valence-electron chi connectivity index (χ1n) is 8.32. The molecule has 7 nitrogen and oxygen atoms in total. The van der Waals surface area contributed by atoms with Gasteiger partial charge in [-0.1, -0.05) is 13.8 Å². The van der Waals surface area contributed by atoms with Gasteiger partial charge in [0.2, 0.25) is 11.8 Å². The highest BCUT2D eigenvalue weighted by Gasteiger charge is 2.30. The third kappa shape index (κ3) is 3.81. The van der Waals surface area contributed by atoms with E-state index in [1.54, 1.807) is 30.3 Å². The van der Waals surface area contributed by atoms with Gasteiger partial charge in [0.1, 0.15) is 11.8 Å². The minimum atomic E-state index is -0.453. The summed E-state index contributed by atoms with van der Waals surface area (Å²) in [5, 5.41) is 5.43. The summed E-state index contributed by atoms with van der Waals surface area (Å²) < 4.78 is 5.71. The average molecular weight is 342 g/mol. The summed E-state index contributed by atoms with van der Waals surface area (Å²) >= 11 is 0. The topological polar surface area (TPSA) is 87.5 Å². The Hall–Kier alpha value is -2.83. The van der Waals surface area contributed by atoms with E-state index in [2.05, 4.69) is 15.6 Å². The van der Waals surface area contributed by atoms with Gasteiger partial charge in [-0.2, -0.15) is 0 Å². The predicted octanol–water partition coefficient (Wildman–Crippen LogP) is 2.82. The number of aromatic nitrogens is 1. The molecule has 1 aliphatic rings. The Morgan fingerprint density at radius 3 is 2.60 bits per heavy atom. The highest BCUT2D eigenvalue weighted by Crippen LogP contribution is 2.24. The second kappa shape index (κ2) is 6.96. The Bertz CT molecular complexity index is 767. The summed E-state index contributed by atoms with van der Waals surface area (Å²) in [5.41, 5.74) is 1.47. The number of hydrogen-bond acceptors (Lipinski definition) is 4. The first kappa shape index (κ1) is 17.0. The van der Waals surface area contributed by atoms with Crippen LogP contribution in [-0.2, 0) is 4.79 Å². The molecule has 1 atom stereocenters. The van der Waals surface area contributed by atoms with Gasteiger partial charge in [0.15, 0.2) is 0 Å². The summed E-state index contributed by atoms with van der Waals surface area (Å²) in [4.78, 5) is 29.7. The normalized spacial score (nSPS) is 17.2. The van der Waals surface area contributed by atoms with Gasteiger partial charge < -0.3 is 20.0 Å². The minimum absolute atomic E-state index is 0.0599. The summed E-state index contributed by atoms with van der Waals surface area (Å²) in [6, 6.07) is 6.37. The molecule has 2 aromatic rings. The second-order valence-electron chi connectivity index (χ2n) is 6.50. The smallest absolute Gasteiger partial charge is 0.319 e. The van der Waals surface area contributed by atoms with Crippen LogP contribution in [0, 0.1) is 0 Å². The molecule has 0 saturated carbocycles. The lowest BCUT2D eigenvalue weighted by molar-refractivity contribution is -0.128. The first-order chi connectivity index (χ1) is 11.9. The van der Waals surface area contributed by atoms with Crippen LogP contribution in [0.3, 0.4) is 0 Å². The maximum absolute atomic E-state index is 12.0. The molecule has 25 heavy (non-hydrogen) atoms. The van der Waals surface area contributed by atoms with Crippen molar-refractivity contribution >= 4 is 17.6 Å². The molecule has 3 rings (SSSR count). The van der Waals surface area contributed by atoms with Gasteiger partial charge >= 0.3 is 6.03 Å². The first-order valence-corrected chi connectivity index (χ1v) is 8.32. The number of likely N-dealkylation sites (tertiary alicyclic amines) is 1. The molecule has 1 fully saturated rings. The molecule has 1 saturated heterocycles. The number of urea groups is 1. The van der Waals surface area contributed by atoms with Crippen LogP contribution in [0.15, 0.2) is 34.9 Å². The van der Waals surface area contributed by atoms with E-state index in [4.69, 9.17) is 4.42 Å². The van der Waals surface area contributed by atoms with Gasteiger partial charge in [0.25, 0.3) is 0 Å². The molecule has 0 spiro atoms. The predicted molar refractivity (Wildman–Crippen MR) is 94.2 cm³/mol. The fraction of sp³-hybridized carbons (Fsp3) is 0.389. The highest BCUT2D eigenvalue weighted by atomic mass is 16.4. The molecule has 132 valence electrons. The molecule has 0 aliphatic carbocycles. The number of likely N-dealkylation sites (N-methyl/N-ethyl adjacent to an activating group) is 1. The molecule has 1 aromatic heterocycles. The fourth-order valence-electron chi connectivity index (χ4n) is 2.66. The van der Waals surface area contributed by atoms with Crippen LogP contribution in [0.25, 0.3) is 11.5 Å². The van der Waals surface area contributed by atoms with Crippen molar-refractivity contribution < 1.29 is 14.0 Å². The molecular formula is C18H22N4O3. The molecule has 3 amide bonds. The van der Waals surface area contributed by atoms with Crippen molar-refractivity contribution in [2.45, 2.75) is 32.2 Å². The maximum atomic E-state index is 12.0. The minimum Gasteiger partial charge on any atom is -0.441 e. The Morgan fingerprint density at radius 2 is 2.04 bits per heavy atom. The number of hydrogen-bond donors (Lipinski definition) is 2. The lowest BCUT2D eigenvalue weighted by Gasteiger charge is -2.13. The van der Waals surface area contributed by atoms with Gasteiger partial charge in [0.05, 0.1) is 6.20 Å². The number of amides is 3. The van der Waals surface area contributed by atoms with Crippen LogP contribution >= 0.6 is 0 Å². The number of oxazole rings is 1. The molecular weight excluding hydrogens is 320 g/mol. The van der Waals surface area contributed by atoms with Crippen molar-refractivity contribution in [3.63, 3.8) is 0 Å². The number of rotatable bonds is 4. The monoisotopic (exact) mass is 342 g/mol. The van der Waals surface area contributed by atoms with Crippen LogP contribution in [0.4, 0.5) is 10.5 Å². The van der Waals surface area contributed by atoms with Gasteiger partial charge in [-0.25, -0.2) is 9.78 Å². The molecule has 1 aliphatic heterocycles. The second-order valence-corrected chi connectivity index (χ2v) is 6.50. The van der Waals surface area contributed by atoms with E-state index in [9.17, 15) is 9.59 Å². The number of nitrogens with zero attached hydrogens (tertiary/aromatic N) is 2. The van der Waals surface area contributed by atoms with Crippen molar-refractivity contribution in [1.29, 1.82) is 0 Å². The summed E-state index contributed by atoms with van der Waals surface area (Å²) in [5.74, 6) is 1.61. The van der Waals surface area contributed by atoms with Crippen LogP contribution in [0.5, 0.6) is 0 Å². The largest absolute Gasteiger partial charge is 0.441 e. The Balaban J connectivity index is 1.60. The van der Waals surface area contributed by atoms with E-state index in [1.165, 1.54) is 0 Å². The van der Waals surface area contributed by atoms with E-state index < -0.39 is 6.04 Å². The number of carbonyl (C=O) groups excluding carboxylic acids is 2. The Kier molecular flexibility index (Phi) is 4.74. The van der Waals surface area contributed by atoms with Gasteiger partial charge in [0, 0.05) is 30.8 Å². The zero-order chi connectivity index (χ0) is 18.0. The molecule has 0 radical (unpaired) electrons. The maximum Gasteiger partial charge on any atom is 0.319 e. The lowest BCUT2D eigenvalue weighted by Crippen LogP contribution is -2.42. The van der Waals surface area contributed by atoms with Crippen LogP contribution in [0.1, 0.15) is 31.9 Å². The summed E-state index contributed by atoms with van der Waals surface area (Å²) in [6.45, 7) is 4.75. The van der Waals surface area contributed by atoms with Crippen molar-refractivity contribution in [2.75, 3.05) is 18.9 Å². The average Bonchev–Trinajstić information content (AvgIpc) is 3.19.